The summed E-state index contributed by atoms with van der Waals surface area (Å²) >= 11 is 0. The lowest BCUT2D eigenvalue weighted by Crippen LogP contribution is -2.46. The molecule has 1 heterocycles. The molecule has 2 fully saturated rings. The summed E-state index contributed by atoms with van der Waals surface area (Å²) in [5.74, 6) is 0.963. The number of ether oxygens (including phenoxy) is 1. The molecule has 2 aliphatic rings. The average Bonchev–Trinajstić information content (AvgIpc) is 3.09. The minimum absolute atomic E-state index is 0.0779. The van der Waals surface area contributed by atoms with Gasteiger partial charge in [-0.25, -0.2) is 4.79 Å². The van der Waals surface area contributed by atoms with Gasteiger partial charge >= 0.3 is 6.03 Å². The molecule has 1 aliphatic heterocycles. The van der Waals surface area contributed by atoms with E-state index in [0.717, 1.165) is 32.0 Å². The minimum atomic E-state index is 0.0779. The van der Waals surface area contributed by atoms with Crippen molar-refractivity contribution >= 4 is 6.03 Å². The average molecular weight is 212 g/mol. The first-order valence-corrected chi connectivity index (χ1v) is 5.97. The summed E-state index contributed by atoms with van der Waals surface area (Å²) in [5.41, 5.74) is 0. The zero-order chi connectivity index (χ0) is 10.5. The summed E-state index contributed by atoms with van der Waals surface area (Å²) in [6.07, 6.45) is 5.21. The molecule has 0 atom stereocenters. The number of nitrogens with one attached hydrogen (secondary N) is 1. The molecule has 1 saturated heterocycles. The summed E-state index contributed by atoms with van der Waals surface area (Å²) in [7, 11) is 0. The molecule has 0 aromatic rings. The Morgan fingerprint density at radius 3 is 2.73 bits per heavy atom. The summed E-state index contributed by atoms with van der Waals surface area (Å²) in [5, 5.41) is 2.97. The first-order valence-electron chi connectivity index (χ1n) is 5.97. The Kier molecular flexibility index (Phi) is 3.83. The van der Waals surface area contributed by atoms with Crippen molar-refractivity contribution in [2.75, 3.05) is 32.8 Å². The molecule has 1 N–H and O–H groups in total. The predicted octanol–water partition coefficient (Wildman–Crippen LogP) is 1.22. The molecule has 2 amide bonds. The molecule has 1 aliphatic carbocycles. The van der Waals surface area contributed by atoms with E-state index in [-0.39, 0.29) is 6.03 Å². The predicted molar refractivity (Wildman–Crippen MR) is 57.7 cm³/mol. The number of hydrogen-bond donors (Lipinski definition) is 1. The van der Waals surface area contributed by atoms with E-state index in [2.05, 4.69) is 5.32 Å². The molecule has 4 nitrogen and oxygen atoms in total. The fraction of sp³-hybridized carbons (Fsp3) is 0.909. The van der Waals surface area contributed by atoms with Crippen molar-refractivity contribution in [1.29, 1.82) is 0 Å². The van der Waals surface area contributed by atoms with Gasteiger partial charge in [0, 0.05) is 19.6 Å². The second-order valence-electron chi connectivity index (χ2n) is 4.42. The van der Waals surface area contributed by atoms with Crippen LogP contribution in [-0.2, 0) is 4.74 Å². The standard InChI is InChI=1S/C11H20N2O2/c14-11(13-6-8-15-9-7-13)12-5-1-2-10-3-4-10/h10H,1-9H2,(H,12,14). The normalized spacial score (nSPS) is 21.5. The van der Waals surface area contributed by atoms with Crippen molar-refractivity contribution in [1.82, 2.24) is 10.2 Å². The van der Waals surface area contributed by atoms with Crippen molar-refractivity contribution in [3.8, 4) is 0 Å². The second-order valence-corrected chi connectivity index (χ2v) is 4.42. The number of rotatable bonds is 4. The minimum Gasteiger partial charge on any atom is -0.378 e. The van der Waals surface area contributed by atoms with Crippen LogP contribution < -0.4 is 5.32 Å². The van der Waals surface area contributed by atoms with Crippen LogP contribution in [0.2, 0.25) is 0 Å². The Morgan fingerprint density at radius 1 is 1.33 bits per heavy atom. The quantitative estimate of drug-likeness (QED) is 0.712. The van der Waals surface area contributed by atoms with E-state index in [4.69, 9.17) is 4.74 Å². The third-order valence-electron chi connectivity index (χ3n) is 3.06. The fourth-order valence-electron chi connectivity index (χ4n) is 1.87. The molecule has 0 aromatic heterocycles. The van der Waals surface area contributed by atoms with Crippen LogP contribution in [0.1, 0.15) is 25.7 Å². The Hall–Kier alpha value is -0.770. The second kappa shape index (κ2) is 5.35. The maximum absolute atomic E-state index is 11.6. The Balaban J connectivity index is 1.54. The Bertz CT molecular complexity index is 211. The van der Waals surface area contributed by atoms with E-state index in [1.807, 2.05) is 4.90 Å². The van der Waals surface area contributed by atoms with Gasteiger partial charge in [-0.2, -0.15) is 0 Å². The Labute approximate surface area is 91.0 Å². The molecule has 15 heavy (non-hydrogen) atoms. The maximum Gasteiger partial charge on any atom is 0.317 e. The van der Waals surface area contributed by atoms with Crippen molar-refractivity contribution in [2.45, 2.75) is 25.7 Å². The van der Waals surface area contributed by atoms with Crippen molar-refractivity contribution in [3.63, 3.8) is 0 Å². The monoisotopic (exact) mass is 212 g/mol. The summed E-state index contributed by atoms with van der Waals surface area (Å²) in [6.45, 7) is 3.64. The summed E-state index contributed by atoms with van der Waals surface area (Å²) in [6, 6.07) is 0.0779. The molecule has 86 valence electrons. The van der Waals surface area contributed by atoms with Crippen molar-refractivity contribution in [2.24, 2.45) is 5.92 Å². The zero-order valence-electron chi connectivity index (χ0n) is 9.21. The van der Waals surface area contributed by atoms with Gasteiger partial charge in [-0.3, -0.25) is 0 Å². The van der Waals surface area contributed by atoms with Gasteiger partial charge in [-0.15, -0.1) is 0 Å². The zero-order valence-corrected chi connectivity index (χ0v) is 9.21. The van der Waals surface area contributed by atoms with Gasteiger partial charge in [0.1, 0.15) is 0 Å². The van der Waals surface area contributed by atoms with E-state index >= 15 is 0 Å². The highest BCUT2D eigenvalue weighted by atomic mass is 16.5. The lowest BCUT2D eigenvalue weighted by Gasteiger charge is -2.26. The number of morpholine rings is 1. The largest absolute Gasteiger partial charge is 0.378 e. The smallest absolute Gasteiger partial charge is 0.317 e. The molecule has 0 aromatic carbocycles. The van der Waals surface area contributed by atoms with E-state index in [1.54, 1.807) is 0 Å². The number of nitrogens with zero attached hydrogens (tertiary/aromatic N) is 1. The molecule has 1 saturated carbocycles. The molecule has 0 spiro atoms. The lowest BCUT2D eigenvalue weighted by molar-refractivity contribution is 0.0532. The van der Waals surface area contributed by atoms with E-state index in [9.17, 15) is 4.79 Å². The Morgan fingerprint density at radius 2 is 2.07 bits per heavy atom. The first-order chi connectivity index (χ1) is 7.36. The molecular weight excluding hydrogens is 192 g/mol. The van der Waals surface area contributed by atoms with Crippen molar-refractivity contribution in [3.05, 3.63) is 0 Å². The summed E-state index contributed by atoms with van der Waals surface area (Å²) < 4.78 is 5.19. The van der Waals surface area contributed by atoms with Crippen molar-refractivity contribution < 1.29 is 9.53 Å². The van der Waals surface area contributed by atoms with Gasteiger partial charge in [-0.05, 0) is 18.8 Å². The van der Waals surface area contributed by atoms with Crippen LogP contribution in [0, 0.1) is 5.92 Å². The van der Waals surface area contributed by atoms with Crippen LogP contribution in [0.4, 0.5) is 4.79 Å². The first kappa shape index (κ1) is 10.7. The molecule has 0 radical (unpaired) electrons. The highest BCUT2D eigenvalue weighted by Crippen LogP contribution is 2.33. The topological polar surface area (TPSA) is 41.6 Å². The molecular formula is C11H20N2O2. The lowest BCUT2D eigenvalue weighted by atomic mass is 10.2. The van der Waals surface area contributed by atoms with Gasteiger partial charge in [0.15, 0.2) is 0 Å². The van der Waals surface area contributed by atoms with Crippen LogP contribution in [-0.4, -0.2) is 43.8 Å². The number of hydrogen-bond acceptors (Lipinski definition) is 2. The highest BCUT2D eigenvalue weighted by molar-refractivity contribution is 5.74. The van der Waals surface area contributed by atoms with Crippen LogP contribution in [0.15, 0.2) is 0 Å². The van der Waals surface area contributed by atoms with Gasteiger partial charge in [-0.1, -0.05) is 12.8 Å². The highest BCUT2D eigenvalue weighted by Gasteiger charge is 2.20. The molecule has 2 rings (SSSR count). The van der Waals surface area contributed by atoms with Gasteiger partial charge in [0.25, 0.3) is 0 Å². The van der Waals surface area contributed by atoms with Gasteiger partial charge < -0.3 is 15.0 Å². The molecule has 4 heteroatoms. The molecule has 0 bridgehead atoms. The number of urea groups is 1. The number of amides is 2. The van der Waals surface area contributed by atoms with Crippen LogP contribution in [0.3, 0.4) is 0 Å². The van der Waals surface area contributed by atoms with Crippen LogP contribution in [0.5, 0.6) is 0 Å². The number of carbonyl (C=O) groups excluding carboxylic acids is 1. The van der Waals surface area contributed by atoms with Gasteiger partial charge in [0.05, 0.1) is 13.2 Å². The fourth-order valence-corrected chi connectivity index (χ4v) is 1.87. The van der Waals surface area contributed by atoms with E-state index in [0.29, 0.717) is 13.2 Å². The van der Waals surface area contributed by atoms with E-state index in [1.165, 1.54) is 19.3 Å². The number of carbonyl (C=O) groups is 1. The van der Waals surface area contributed by atoms with Crippen LogP contribution >= 0.6 is 0 Å². The SMILES string of the molecule is O=C(NCCCC1CC1)N1CCOCC1. The van der Waals surface area contributed by atoms with Gasteiger partial charge in [0.2, 0.25) is 0 Å². The third-order valence-corrected chi connectivity index (χ3v) is 3.06. The van der Waals surface area contributed by atoms with E-state index < -0.39 is 0 Å². The maximum atomic E-state index is 11.6. The van der Waals surface area contributed by atoms with Crippen LogP contribution in [0.25, 0.3) is 0 Å². The molecule has 0 unspecified atom stereocenters. The third kappa shape index (κ3) is 3.70. The summed E-state index contributed by atoms with van der Waals surface area (Å²) in [4.78, 5) is 13.5.